The van der Waals surface area contributed by atoms with Gasteiger partial charge < -0.3 is 15.7 Å². The molecule has 3 N–H and O–H groups in total. The molecule has 0 aliphatic rings. The van der Waals surface area contributed by atoms with Crippen molar-refractivity contribution in [2.45, 2.75) is 31.0 Å². The molecule has 0 fully saturated rings. The van der Waals surface area contributed by atoms with Crippen LogP contribution in [0.4, 0.5) is 0 Å². The highest BCUT2D eigenvalue weighted by Gasteiger charge is 2.46. The Bertz CT molecular complexity index is 1080. The standard InChI is InChI=1S/C28H30N2O3/c1-3-28(33,23-17-11-6-12-18-23)27(25(29)26(32)22-15-9-5-10-16-22)30(2)24(31)20-19-21-13-7-4-8-14-21/h4-20,25,27,33H,3,29H2,1-2H3. The highest BCUT2D eigenvalue weighted by atomic mass is 16.3. The maximum atomic E-state index is 13.3. The number of likely N-dealkylation sites (N-methyl/N-ethyl adjacent to an activating group) is 1. The first-order chi connectivity index (χ1) is 15.9. The predicted molar refractivity (Wildman–Crippen MR) is 131 cm³/mol. The third-order valence-corrected chi connectivity index (χ3v) is 5.99. The van der Waals surface area contributed by atoms with Crippen LogP contribution in [0.15, 0.2) is 97.1 Å². The van der Waals surface area contributed by atoms with Crippen LogP contribution in [0.25, 0.3) is 6.08 Å². The molecule has 3 rings (SSSR count). The Labute approximate surface area is 195 Å². The lowest BCUT2D eigenvalue weighted by molar-refractivity contribution is -0.135. The van der Waals surface area contributed by atoms with Gasteiger partial charge >= 0.3 is 0 Å². The van der Waals surface area contributed by atoms with Crippen molar-refractivity contribution in [2.75, 3.05) is 7.05 Å². The van der Waals surface area contributed by atoms with E-state index in [9.17, 15) is 14.7 Å². The fourth-order valence-corrected chi connectivity index (χ4v) is 4.09. The van der Waals surface area contributed by atoms with Gasteiger partial charge in [-0.15, -0.1) is 0 Å². The number of nitrogens with two attached hydrogens (primary N) is 1. The molecule has 3 atom stereocenters. The number of Topliss-reactive ketones (excluding diaryl/α,β-unsaturated/α-hetero) is 1. The molecule has 0 saturated carbocycles. The third-order valence-electron chi connectivity index (χ3n) is 5.99. The smallest absolute Gasteiger partial charge is 0.246 e. The number of aliphatic hydroxyl groups is 1. The number of hydrogen-bond acceptors (Lipinski definition) is 4. The molecule has 0 aromatic heterocycles. The Morgan fingerprint density at radius 1 is 0.939 bits per heavy atom. The summed E-state index contributed by atoms with van der Waals surface area (Å²) in [5.74, 6) is -0.696. The third kappa shape index (κ3) is 5.45. The van der Waals surface area contributed by atoms with Gasteiger partial charge in [-0.25, -0.2) is 0 Å². The summed E-state index contributed by atoms with van der Waals surface area (Å²) in [5, 5.41) is 11.9. The molecular weight excluding hydrogens is 412 g/mol. The van der Waals surface area contributed by atoms with E-state index >= 15 is 0 Å². The van der Waals surface area contributed by atoms with Crippen LogP contribution in [0.3, 0.4) is 0 Å². The summed E-state index contributed by atoms with van der Waals surface area (Å²) in [6.45, 7) is 1.82. The van der Waals surface area contributed by atoms with E-state index in [-0.39, 0.29) is 18.1 Å². The predicted octanol–water partition coefficient (Wildman–Crippen LogP) is 4.03. The van der Waals surface area contributed by atoms with E-state index in [2.05, 4.69) is 0 Å². The summed E-state index contributed by atoms with van der Waals surface area (Å²) in [4.78, 5) is 27.8. The summed E-state index contributed by atoms with van der Waals surface area (Å²) in [7, 11) is 1.57. The van der Waals surface area contributed by atoms with Gasteiger partial charge in [0, 0.05) is 18.7 Å². The number of nitrogens with zero attached hydrogens (tertiary/aromatic N) is 1. The average molecular weight is 443 g/mol. The molecule has 3 aromatic rings. The van der Waals surface area contributed by atoms with Gasteiger partial charge in [0.1, 0.15) is 5.60 Å². The molecule has 0 saturated heterocycles. The minimum atomic E-state index is -1.53. The van der Waals surface area contributed by atoms with Gasteiger partial charge in [0.25, 0.3) is 0 Å². The summed E-state index contributed by atoms with van der Waals surface area (Å²) in [5.41, 5.74) is 6.88. The Hall–Kier alpha value is -3.54. The van der Waals surface area contributed by atoms with E-state index in [0.717, 1.165) is 5.56 Å². The average Bonchev–Trinajstić information content (AvgIpc) is 2.88. The number of hydrogen-bond donors (Lipinski definition) is 2. The number of carbonyl (C=O) groups excluding carboxylic acids is 2. The molecule has 0 bridgehead atoms. The van der Waals surface area contributed by atoms with Crippen molar-refractivity contribution in [3.63, 3.8) is 0 Å². The van der Waals surface area contributed by atoms with Crippen LogP contribution >= 0.6 is 0 Å². The maximum Gasteiger partial charge on any atom is 0.246 e. The lowest BCUT2D eigenvalue weighted by Gasteiger charge is -2.43. The second kappa shape index (κ2) is 10.9. The molecule has 33 heavy (non-hydrogen) atoms. The van der Waals surface area contributed by atoms with Crippen molar-refractivity contribution in [2.24, 2.45) is 5.73 Å². The SMILES string of the molecule is CCC(O)(c1ccccc1)C(C(N)C(=O)c1ccccc1)N(C)C(=O)C=Cc1ccccc1. The molecule has 3 unspecified atom stereocenters. The second-order valence-corrected chi connectivity index (χ2v) is 8.04. The first kappa shape index (κ1) is 24.1. The van der Waals surface area contributed by atoms with Crippen LogP contribution in [0.2, 0.25) is 0 Å². The van der Waals surface area contributed by atoms with Crippen molar-refractivity contribution in [1.29, 1.82) is 0 Å². The quantitative estimate of drug-likeness (QED) is 0.387. The van der Waals surface area contributed by atoms with Crippen LogP contribution < -0.4 is 5.73 Å². The molecule has 170 valence electrons. The van der Waals surface area contributed by atoms with Gasteiger partial charge in [0.15, 0.2) is 5.78 Å². The Morgan fingerprint density at radius 3 is 2.00 bits per heavy atom. The molecule has 0 heterocycles. The Morgan fingerprint density at radius 2 is 1.45 bits per heavy atom. The van der Waals surface area contributed by atoms with Crippen molar-refractivity contribution < 1.29 is 14.7 Å². The number of benzene rings is 3. The molecule has 0 aliphatic carbocycles. The molecule has 0 radical (unpaired) electrons. The topological polar surface area (TPSA) is 83.6 Å². The van der Waals surface area contributed by atoms with E-state index in [4.69, 9.17) is 5.73 Å². The molecule has 5 nitrogen and oxygen atoms in total. The summed E-state index contributed by atoms with van der Waals surface area (Å²) in [6.07, 6.45) is 3.40. The lowest BCUT2D eigenvalue weighted by Crippen LogP contribution is -2.62. The first-order valence-electron chi connectivity index (χ1n) is 11.0. The normalized spacial score (nSPS) is 14.9. The zero-order valence-electron chi connectivity index (χ0n) is 19.0. The monoisotopic (exact) mass is 442 g/mol. The highest BCUT2D eigenvalue weighted by Crippen LogP contribution is 2.34. The van der Waals surface area contributed by atoms with E-state index in [0.29, 0.717) is 11.1 Å². The number of rotatable bonds is 9. The second-order valence-electron chi connectivity index (χ2n) is 8.04. The van der Waals surface area contributed by atoms with Gasteiger partial charge in [-0.1, -0.05) is 97.9 Å². The highest BCUT2D eigenvalue weighted by molar-refractivity contribution is 6.01. The first-order valence-corrected chi connectivity index (χ1v) is 11.0. The summed E-state index contributed by atoms with van der Waals surface area (Å²) in [6, 6.07) is 25.1. The summed E-state index contributed by atoms with van der Waals surface area (Å²) < 4.78 is 0. The van der Waals surface area contributed by atoms with Crippen LogP contribution in [-0.2, 0) is 10.4 Å². The van der Waals surface area contributed by atoms with Gasteiger partial charge in [0.05, 0.1) is 12.1 Å². The van der Waals surface area contributed by atoms with Crippen molar-refractivity contribution >= 4 is 17.8 Å². The van der Waals surface area contributed by atoms with Crippen LogP contribution in [0.1, 0.15) is 34.8 Å². The van der Waals surface area contributed by atoms with Gasteiger partial charge in [0.2, 0.25) is 5.91 Å². The van der Waals surface area contributed by atoms with E-state index in [1.807, 2.05) is 61.5 Å². The van der Waals surface area contributed by atoms with E-state index in [1.54, 1.807) is 49.5 Å². The minimum Gasteiger partial charge on any atom is -0.383 e. The fourth-order valence-electron chi connectivity index (χ4n) is 4.09. The van der Waals surface area contributed by atoms with Crippen LogP contribution in [0, 0.1) is 0 Å². The van der Waals surface area contributed by atoms with Crippen LogP contribution in [-0.4, -0.2) is 40.8 Å². The molecular formula is C28H30N2O3. The zero-order valence-corrected chi connectivity index (χ0v) is 19.0. The molecule has 0 aliphatic heterocycles. The van der Waals surface area contributed by atoms with E-state index < -0.39 is 17.7 Å². The Balaban J connectivity index is 2.01. The van der Waals surface area contributed by atoms with Gasteiger partial charge in [-0.3, -0.25) is 9.59 Å². The maximum absolute atomic E-state index is 13.3. The largest absolute Gasteiger partial charge is 0.383 e. The zero-order chi connectivity index (χ0) is 23.8. The van der Waals surface area contributed by atoms with Crippen molar-refractivity contribution in [3.8, 4) is 0 Å². The Kier molecular flexibility index (Phi) is 7.93. The molecule has 0 spiro atoms. The van der Waals surface area contributed by atoms with Crippen molar-refractivity contribution in [3.05, 3.63) is 114 Å². The fraction of sp³-hybridized carbons (Fsp3) is 0.214. The lowest BCUT2D eigenvalue weighted by atomic mass is 9.78. The van der Waals surface area contributed by atoms with E-state index in [1.165, 1.54) is 11.0 Å². The van der Waals surface area contributed by atoms with Gasteiger partial charge in [-0.2, -0.15) is 0 Å². The number of amides is 1. The summed E-state index contributed by atoms with van der Waals surface area (Å²) >= 11 is 0. The number of carbonyl (C=O) groups is 2. The van der Waals surface area contributed by atoms with Gasteiger partial charge in [-0.05, 0) is 23.6 Å². The molecule has 5 heteroatoms. The number of ketones is 1. The minimum absolute atomic E-state index is 0.261. The van der Waals surface area contributed by atoms with Crippen molar-refractivity contribution in [1.82, 2.24) is 4.90 Å². The van der Waals surface area contributed by atoms with Crippen LogP contribution in [0.5, 0.6) is 0 Å². The molecule has 1 amide bonds. The molecule has 3 aromatic carbocycles.